The van der Waals surface area contributed by atoms with Crippen molar-refractivity contribution in [2.75, 3.05) is 13.2 Å². The molecule has 0 saturated heterocycles. The molecule has 0 radical (unpaired) electrons. The van der Waals surface area contributed by atoms with E-state index in [9.17, 15) is 4.79 Å². The van der Waals surface area contributed by atoms with Crippen molar-refractivity contribution in [2.45, 2.75) is 13.0 Å². The quantitative estimate of drug-likeness (QED) is 0.446. The molecule has 0 saturated carbocycles. The summed E-state index contributed by atoms with van der Waals surface area (Å²) in [6.45, 7) is 0.966. The molecule has 3 aromatic carbocycles. The Hall–Kier alpha value is -3.80. The van der Waals surface area contributed by atoms with Crippen LogP contribution in [0.2, 0.25) is 0 Å². The monoisotopic (exact) mass is 401 g/mol. The molecule has 0 unspecified atom stereocenters. The Bertz CT molecular complexity index is 1060. The molecule has 0 aliphatic rings. The first-order valence-electron chi connectivity index (χ1n) is 9.86. The zero-order valence-electron chi connectivity index (χ0n) is 16.5. The number of rotatable bonds is 9. The van der Waals surface area contributed by atoms with Crippen LogP contribution in [0.3, 0.4) is 0 Å². The van der Waals surface area contributed by atoms with Crippen molar-refractivity contribution in [1.29, 1.82) is 0 Å². The molecule has 6 nitrogen and oxygen atoms in total. The lowest BCUT2D eigenvalue weighted by molar-refractivity contribution is -0.123. The molecule has 4 aromatic rings. The molecule has 0 bridgehead atoms. The summed E-state index contributed by atoms with van der Waals surface area (Å²) in [7, 11) is 0. The maximum atomic E-state index is 12.0. The molecule has 0 fully saturated rings. The highest BCUT2D eigenvalue weighted by Crippen LogP contribution is 2.18. The number of nitrogens with one attached hydrogen (secondary N) is 2. The lowest BCUT2D eigenvalue weighted by Crippen LogP contribution is -2.30. The van der Waals surface area contributed by atoms with Gasteiger partial charge in [-0.2, -0.15) is 0 Å². The van der Waals surface area contributed by atoms with Gasteiger partial charge in [0.05, 0.1) is 11.0 Å². The van der Waals surface area contributed by atoms with Crippen molar-refractivity contribution in [3.05, 3.63) is 90.3 Å². The molecule has 1 heterocycles. The topological polar surface area (TPSA) is 76.2 Å². The lowest BCUT2D eigenvalue weighted by Gasteiger charge is -2.09. The van der Waals surface area contributed by atoms with Crippen LogP contribution in [0.25, 0.3) is 11.0 Å². The van der Waals surface area contributed by atoms with Crippen molar-refractivity contribution in [3.8, 4) is 11.5 Å². The average Bonchev–Trinajstić information content (AvgIpc) is 3.20. The first kappa shape index (κ1) is 19.5. The van der Waals surface area contributed by atoms with E-state index in [1.165, 1.54) is 0 Å². The Morgan fingerprint density at radius 1 is 0.867 bits per heavy atom. The number of hydrogen-bond acceptors (Lipinski definition) is 4. The second-order valence-corrected chi connectivity index (χ2v) is 6.83. The van der Waals surface area contributed by atoms with Crippen molar-refractivity contribution >= 4 is 16.9 Å². The third kappa shape index (κ3) is 5.38. The van der Waals surface area contributed by atoms with E-state index in [0.717, 1.165) is 28.2 Å². The smallest absolute Gasteiger partial charge is 0.257 e. The Morgan fingerprint density at radius 2 is 1.57 bits per heavy atom. The number of amides is 1. The number of carbonyl (C=O) groups excluding carboxylic acids is 1. The number of imidazole rings is 1. The summed E-state index contributed by atoms with van der Waals surface area (Å²) in [6.07, 6.45) is 0.633. The minimum Gasteiger partial charge on any atom is -0.489 e. The van der Waals surface area contributed by atoms with Crippen LogP contribution in [0, 0.1) is 0 Å². The van der Waals surface area contributed by atoms with Crippen LogP contribution in [-0.2, 0) is 17.8 Å². The van der Waals surface area contributed by atoms with Crippen LogP contribution < -0.4 is 14.8 Å². The summed E-state index contributed by atoms with van der Waals surface area (Å²) < 4.78 is 11.3. The number of para-hydroxylation sites is 2. The number of ether oxygens (including phenoxy) is 2. The zero-order chi connectivity index (χ0) is 20.6. The van der Waals surface area contributed by atoms with E-state index in [2.05, 4.69) is 15.3 Å². The Labute approximate surface area is 174 Å². The molecule has 0 atom stereocenters. The molecular formula is C24H23N3O3. The summed E-state index contributed by atoms with van der Waals surface area (Å²) in [6, 6.07) is 25.1. The minimum absolute atomic E-state index is 0.0374. The van der Waals surface area contributed by atoms with Gasteiger partial charge in [-0.15, -0.1) is 0 Å². The van der Waals surface area contributed by atoms with E-state index in [-0.39, 0.29) is 12.5 Å². The number of aromatic amines is 1. The molecule has 2 N–H and O–H groups in total. The number of aromatic nitrogens is 2. The molecule has 6 heteroatoms. The Morgan fingerprint density at radius 3 is 2.33 bits per heavy atom. The van der Waals surface area contributed by atoms with Gasteiger partial charge in [0.15, 0.2) is 6.61 Å². The van der Waals surface area contributed by atoms with Gasteiger partial charge >= 0.3 is 0 Å². The van der Waals surface area contributed by atoms with Crippen molar-refractivity contribution in [2.24, 2.45) is 0 Å². The summed E-state index contributed by atoms with van der Waals surface area (Å²) in [5.74, 6) is 2.05. The van der Waals surface area contributed by atoms with Crippen LogP contribution >= 0.6 is 0 Å². The van der Waals surface area contributed by atoms with Crippen molar-refractivity contribution < 1.29 is 14.3 Å². The normalized spacial score (nSPS) is 10.7. The number of nitrogens with zero attached hydrogens (tertiary/aromatic N) is 1. The molecule has 30 heavy (non-hydrogen) atoms. The summed E-state index contributed by atoms with van der Waals surface area (Å²) in [5.41, 5.74) is 3.04. The predicted molar refractivity (Wildman–Crippen MR) is 116 cm³/mol. The van der Waals surface area contributed by atoms with Gasteiger partial charge in [-0.3, -0.25) is 4.79 Å². The van der Waals surface area contributed by atoms with E-state index >= 15 is 0 Å². The summed E-state index contributed by atoms with van der Waals surface area (Å²) in [4.78, 5) is 19.8. The third-order valence-electron chi connectivity index (χ3n) is 4.56. The predicted octanol–water partition coefficient (Wildman–Crippen LogP) is 3.88. The second-order valence-electron chi connectivity index (χ2n) is 6.83. The van der Waals surface area contributed by atoms with Crippen LogP contribution in [0.15, 0.2) is 78.9 Å². The number of fused-ring (bicyclic) bond motifs is 1. The van der Waals surface area contributed by atoms with Crippen LogP contribution in [0.5, 0.6) is 11.5 Å². The zero-order valence-corrected chi connectivity index (χ0v) is 16.5. The lowest BCUT2D eigenvalue weighted by atomic mass is 10.2. The minimum atomic E-state index is -0.171. The molecule has 1 amide bonds. The largest absolute Gasteiger partial charge is 0.489 e. The van der Waals surface area contributed by atoms with E-state index in [1.807, 2.05) is 66.7 Å². The third-order valence-corrected chi connectivity index (χ3v) is 4.56. The van der Waals surface area contributed by atoms with Crippen LogP contribution in [0.1, 0.15) is 11.4 Å². The molecule has 0 aliphatic heterocycles. The molecular weight excluding hydrogens is 378 g/mol. The van der Waals surface area contributed by atoms with Gasteiger partial charge in [-0.05, 0) is 42.0 Å². The maximum absolute atomic E-state index is 12.0. The van der Waals surface area contributed by atoms with Gasteiger partial charge < -0.3 is 19.8 Å². The van der Waals surface area contributed by atoms with Gasteiger partial charge in [0.25, 0.3) is 5.91 Å². The highest BCUT2D eigenvalue weighted by Gasteiger charge is 2.05. The fourth-order valence-corrected chi connectivity index (χ4v) is 3.02. The molecule has 4 rings (SSSR count). The van der Waals surface area contributed by atoms with Crippen LogP contribution in [0.4, 0.5) is 0 Å². The van der Waals surface area contributed by atoms with Gasteiger partial charge in [0, 0.05) is 13.0 Å². The first-order chi connectivity index (χ1) is 14.8. The number of H-pyrrole nitrogens is 1. The van der Waals surface area contributed by atoms with Crippen LogP contribution in [-0.4, -0.2) is 29.0 Å². The second kappa shape index (κ2) is 9.60. The highest BCUT2D eigenvalue weighted by molar-refractivity contribution is 5.77. The summed E-state index contributed by atoms with van der Waals surface area (Å²) >= 11 is 0. The number of carbonyl (C=O) groups is 1. The molecule has 0 spiro atoms. The molecule has 0 aliphatic carbocycles. The van der Waals surface area contributed by atoms with E-state index in [0.29, 0.717) is 25.3 Å². The molecule has 152 valence electrons. The Balaban J connectivity index is 1.17. The fraction of sp³-hybridized carbons (Fsp3) is 0.167. The van der Waals surface area contributed by atoms with Gasteiger partial charge in [0.1, 0.15) is 23.9 Å². The van der Waals surface area contributed by atoms with Gasteiger partial charge in [-0.1, -0.05) is 42.5 Å². The number of benzene rings is 3. The summed E-state index contributed by atoms with van der Waals surface area (Å²) in [5, 5.41) is 2.85. The SMILES string of the molecule is O=C(COc1ccc(OCc2ccccc2)cc1)NCCc1nc2ccccc2[nH]1. The van der Waals surface area contributed by atoms with E-state index in [4.69, 9.17) is 9.47 Å². The number of hydrogen-bond donors (Lipinski definition) is 2. The molecule has 1 aromatic heterocycles. The standard InChI is InChI=1S/C24H23N3O3/c28-24(25-15-14-23-26-21-8-4-5-9-22(21)27-23)17-30-20-12-10-19(11-13-20)29-16-18-6-2-1-3-7-18/h1-13H,14-17H2,(H,25,28)(H,26,27). The fourth-order valence-electron chi connectivity index (χ4n) is 3.02. The highest BCUT2D eigenvalue weighted by atomic mass is 16.5. The maximum Gasteiger partial charge on any atom is 0.257 e. The van der Waals surface area contributed by atoms with E-state index < -0.39 is 0 Å². The van der Waals surface area contributed by atoms with Crippen molar-refractivity contribution in [3.63, 3.8) is 0 Å². The average molecular weight is 401 g/mol. The van der Waals surface area contributed by atoms with Crippen molar-refractivity contribution in [1.82, 2.24) is 15.3 Å². The van der Waals surface area contributed by atoms with E-state index in [1.54, 1.807) is 12.1 Å². The van der Waals surface area contributed by atoms with Gasteiger partial charge in [0.2, 0.25) is 0 Å². The van der Waals surface area contributed by atoms with Gasteiger partial charge in [-0.25, -0.2) is 4.98 Å². The first-order valence-corrected chi connectivity index (χ1v) is 9.86. The Kier molecular flexibility index (Phi) is 6.25.